The van der Waals surface area contributed by atoms with Crippen LogP contribution in [0.4, 0.5) is 5.69 Å². The number of rotatable bonds is 5. The fraction of sp³-hybridized carbons (Fsp3) is 0.318. The Labute approximate surface area is 169 Å². The summed E-state index contributed by atoms with van der Waals surface area (Å²) in [5, 5.41) is 14.4. The molecule has 0 bridgehead atoms. The predicted octanol–water partition coefficient (Wildman–Crippen LogP) is 2.32. The van der Waals surface area contributed by atoms with Crippen LogP contribution >= 0.6 is 0 Å². The second-order valence-electron chi connectivity index (χ2n) is 7.02. The van der Waals surface area contributed by atoms with E-state index in [0.717, 1.165) is 24.8 Å². The maximum Gasteiger partial charge on any atom is 0.313 e. The van der Waals surface area contributed by atoms with Crippen LogP contribution in [0.3, 0.4) is 0 Å². The number of phenolic OH excluding ortho intramolecular Hbond substituents is 1. The molecule has 152 valence electrons. The van der Waals surface area contributed by atoms with Crippen LogP contribution in [-0.4, -0.2) is 47.4 Å². The van der Waals surface area contributed by atoms with Crippen LogP contribution in [0.15, 0.2) is 48.5 Å². The van der Waals surface area contributed by atoms with Gasteiger partial charge in [0, 0.05) is 19.6 Å². The third kappa shape index (κ3) is 5.57. The molecule has 0 atom stereocenters. The Hall–Kier alpha value is -3.35. The van der Waals surface area contributed by atoms with Crippen LogP contribution in [0.2, 0.25) is 0 Å². The maximum absolute atomic E-state index is 12.8. The Balaban J connectivity index is 1.56. The summed E-state index contributed by atoms with van der Waals surface area (Å²) in [6.07, 6.45) is 3.60. The second-order valence-corrected chi connectivity index (χ2v) is 7.02. The minimum Gasteiger partial charge on any atom is -0.508 e. The van der Waals surface area contributed by atoms with Crippen LogP contribution in [0, 0.1) is 0 Å². The van der Waals surface area contributed by atoms with Crippen molar-refractivity contribution < 1.29 is 19.5 Å². The molecule has 0 aromatic heterocycles. The van der Waals surface area contributed by atoms with Crippen LogP contribution in [0.1, 0.15) is 35.2 Å². The van der Waals surface area contributed by atoms with Crippen LogP contribution in [0.25, 0.3) is 0 Å². The molecule has 0 unspecified atom stereocenters. The number of likely N-dealkylation sites (tertiary alicyclic amines) is 1. The fourth-order valence-electron chi connectivity index (χ4n) is 3.29. The van der Waals surface area contributed by atoms with E-state index in [2.05, 4.69) is 10.6 Å². The van der Waals surface area contributed by atoms with Gasteiger partial charge in [-0.25, -0.2) is 0 Å². The summed E-state index contributed by atoms with van der Waals surface area (Å²) in [5.74, 6) is -1.53. The van der Waals surface area contributed by atoms with Crippen molar-refractivity contribution in [2.75, 3.05) is 25.0 Å². The molecule has 1 heterocycles. The highest BCUT2D eigenvalue weighted by Gasteiger charge is 2.22. The number of carbonyl (C=O) groups excluding carboxylic acids is 3. The van der Waals surface area contributed by atoms with Crippen molar-refractivity contribution in [2.24, 2.45) is 0 Å². The summed E-state index contributed by atoms with van der Waals surface area (Å²) in [7, 11) is 0. The number of anilines is 1. The molecule has 0 spiro atoms. The van der Waals surface area contributed by atoms with Gasteiger partial charge in [0.2, 0.25) is 0 Å². The zero-order valence-electron chi connectivity index (χ0n) is 16.2. The molecular weight excluding hydrogens is 370 g/mol. The number of amides is 3. The van der Waals surface area contributed by atoms with E-state index < -0.39 is 11.8 Å². The molecule has 0 saturated carbocycles. The lowest BCUT2D eigenvalue weighted by molar-refractivity contribution is -0.136. The fourth-order valence-corrected chi connectivity index (χ4v) is 3.29. The highest BCUT2D eigenvalue weighted by Crippen LogP contribution is 2.20. The molecule has 1 saturated heterocycles. The number of hydrogen-bond acceptors (Lipinski definition) is 4. The summed E-state index contributed by atoms with van der Waals surface area (Å²) >= 11 is 0. The second kappa shape index (κ2) is 9.73. The van der Waals surface area contributed by atoms with Crippen molar-refractivity contribution in [3.63, 3.8) is 0 Å². The van der Waals surface area contributed by atoms with E-state index in [1.165, 1.54) is 0 Å². The first kappa shape index (κ1) is 20.4. The first-order valence-electron chi connectivity index (χ1n) is 9.80. The van der Waals surface area contributed by atoms with Gasteiger partial charge in [-0.15, -0.1) is 0 Å². The molecule has 7 heteroatoms. The number of phenols is 1. The molecule has 7 nitrogen and oxygen atoms in total. The van der Waals surface area contributed by atoms with E-state index in [1.54, 1.807) is 53.4 Å². The van der Waals surface area contributed by atoms with Crippen LogP contribution in [-0.2, 0) is 16.0 Å². The summed E-state index contributed by atoms with van der Waals surface area (Å²) in [6, 6.07) is 13.4. The molecule has 2 aromatic rings. The third-order valence-corrected chi connectivity index (χ3v) is 4.89. The number of nitrogens with one attached hydrogen (secondary N) is 2. The van der Waals surface area contributed by atoms with Gasteiger partial charge in [0.1, 0.15) is 5.75 Å². The van der Waals surface area contributed by atoms with Gasteiger partial charge in [-0.05, 0) is 55.5 Å². The van der Waals surface area contributed by atoms with Gasteiger partial charge in [0.15, 0.2) is 0 Å². The van der Waals surface area contributed by atoms with Gasteiger partial charge in [0.25, 0.3) is 5.91 Å². The van der Waals surface area contributed by atoms with Gasteiger partial charge in [-0.3, -0.25) is 14.4 Å². The number of para-hydroxylation sites is 1. The number of benzene rings is 2. The van der Waals surface area contributed by atoms with Crippen molar-refractivity contribution in [3.8, 4) is 5.75 Å². The number of hydrogen-bond donors (Lipinski definition) is 3. The molecule has 2 aromatic carbocycles. The SMILES string of the molecule is O=C(NCCc1ccc(O)cc1)C(=O)Nc1ccccc1C(=O)N1CCCCC1. The van der Waals surface area contributed by atoms with E-state index in [4.69, 9.17) is 0 Å². The largest absolute Gasteiger partial charge is 0.508 e. The lowest BCUT2D eigenvalue weighted by Gasteiger charge is -2.27. The van der Waals surface area contributed by atoms with E-state index in [-0.39, 0.29) is 18.2 Å². The molecule has 3 N–H and O–H groups in total. The number of carbonyl (C=O) groups is 3. The zero-order chi connectivity index (χ0) is 20.6. The van der Waals surface area contributed by atoms with Gasteiger partial charge in [-0.1, -0.05) is 24.3 Å². The first-order valence-corrected chi connectivity index (χ1v) is 9.80. The first-order chi connectivity index (χ1) is 14.0. The average Bonchev–Trinajstić information content (AvgIpc) is 2.75. The van der Waals surface area contributed by atoms with Crippen LogP contribution < -0.4 is 10.6 Å². The van der Waals surface area contributed by atoms with Crippen molar-refractivity contribution >= 4 is 23.4 Å². The normalized spacial score (nSPS) is 13.6. The van der Waals surface area contributed by atoms with E-state index >= 15 is 0 Å². The zero-order valence-corrected chi connectivity index (χ0v) is 16.2. The molecule has 3 rings (SSSR count). The Morgan fingerprint density at radius 2 is 1.59 bits per heavy atom. The number of piperidine rings is 1. The Morgan fingerprint density at radius 3 is 2.31 bits per heavy atom. The molecule has 3 amide bonds. The number of aromatic hydroxyl groups is 1. The van der Waals surface area contributed by atoms with Crippen molar-refractivity contribution in [2.45, 2.75) is 25.7 Å². The van der Waals surface area contributed by atoms with Crippen molar-refractivity contribution in [3.05, 3.63) is 59.7 Å². The Bertz CT molecular complexity index is 874. The Morgan fingerprint density at radius 1 is 0.897 bits per heavy atom. The van der Waals surface area contributed by atoms with Crippen molar-refractivity contribution in [1.29, 1.82) is 0 Å². The van der Waals surface area contributed by atoms with Gasteiger partial charge < -0.3 is 20.6 Å². The standard InChI is InChI=1S/C22H25N3O4/c26-17-10-8-16(9-11-17)12-13-23-20(27)21(28)24-19-7-3-2-6-18(19)22(29)25-14-4-1-5-15-25/h2-3,6-11,26H,1,4-5,12-15H2,(H,23,27)(H,24,28). The molecule has 1 aliphatic heterocycles. The summed E-state index contributed by atoms with van der Waals surface area (Å²) in [6.45, 7) is 1.70. The summed E-state index contributed by atoms with van der Waals surface area (Å²) in [4.78, 5) is 39.0. The van der Waals surface area contributed by atoms with Gasteiger partial charge in [-0.2, -0.15) is 0 Å². The lowest BCUT2D eigenvalue weighted by Crippen LogP contribution is -2.38. The maximum atomic E-state index is 12.8. The van der Waals surface area contributed by atoms with E-state index in [0.29, 0.717) is 30.8 Å². The smallest absolute Gasteiger partial charge is 0.313 e. The van der Waals surface area contributed by atoms with Crippen LogP contribution in [0.5, 0.6) is 5.75 Å². The molecule has 0 radical (unpaired) electrons. The predicted molar refractivity (Wildman–Crippen MR) is 110 cm³/mol. The highest BCUT2D eigenvalue weighted by atomic mass is 16.3. The average molecular weight is 395 g/mol. The molecular formula is C22H25N3O4. The Kier molecular flexibility index (Phi) is 6.84. The minimum absolute atomic E-state index is 0.131. The number of nitrogens with zero attached hydrogens (tertiary/aromatic N) is 1. The quantitative estimate of drug-likeness (QED) is 0.677. The van der Waals surface area contributed by atoms with E-state index in [9.17, 15) is 19.5 Å². The summed E-state index contributed by atoms with van der Waals surface area (Å²) < 4.78 is 0. The van der Waals surface area contributed by atoms with E-state index in [1.807, 2.05) is 0 Å². The molecule has 1 aliphatic rings. The monoisotopic (exact) mass is 395 g/mol. The highest BCUT2D eigenvalue weighted by molar-refractivity contribution is 6.40. The molecule has 1 fully saturated rings. The topological polar surface area (TPSA) is 98.7 Å². The van der Waals surface area contributed by atoms with Gasteiger partial charge in [0.05, 0.1) is 11.3 Å². The van der Waals surface area contributed by atoms with Crippen molar-refractivity contribution in [1.82, 2.24) is 10.2 Å². The molecule has 29 heavy (non-hydrogen) atoms. The summed E-state index contributed by atoms with van der Waals surface area (Å²) in [5.41, 5.74) is 1.65. The minimum atomic E-state index is -0.811. The van der Waals surface area contributed by atoms with Gasteiger partial charge >= 0.3 is 11.8 Å². The third-order valence-electron chi connectivity index (χ3n) is 4.89. The molecule has 0 aliphatic carbocycles. The lowest BCUT2D eigenvalue weighted by atomic mass is 10.1.